The standard InChI is InChI=1S/C20H17F3N4O2/c21-12-3-1-4-13(22)18(12)19-14(23)5-6-15(26-19)20(28)27-16-11-25-9-7-17(16)29-10-2-8-24/h1,3-7,9,11H,2,8,10,24H2,(H,27,28). The topological polar surface area (TPSA) is 90.1 Å². The van der Waals surface area contributed by atoms with Crippen LogP contribution >= 0.6 is 0 Å². The molecule has 6 nitrogen and oxygen atoms in total. The number of nitrogens with zero attached hydrogens (tertiary/aromatic N) is 2. The number of carbonyl (C=O) groups excluding carboxylic acids is 1. The average molecular weight is 402 g/mol. The van der Waals surface area contributed by atoms with Gasteiger partial charge in [-0.1, -0.05) is 6.07 Å². The predicted octanol–water partition coefficient (Wildman–Crippen LogP) is 3.54. The molecule has 0 bridgehead atoms. The summed E-state index contributed by atoms with van der Waals surface area (Å²) in [7, 11) is 0. The van der Waals surface area contributed by atoms with E-state index in [-0.39, 0.29) is 11.4 Å². The number of pyridine rings is 2. The largest absolute Gasteiger partial charge is 0.491 e. The Morgan fingerprint density at radius 2 is 1.83 bits per heavy atom. The smallest absolute Gasteiger partial charge is 0.274 e. The Bertz CT molecular complexity index is 1010. The Balaban J connectivity index is 1.88. The van der Waals surface area contributed by atoms with Crippen LogP contribution in [-0.4, -0.2) is 29.0 Å². The summed E-state index contributed by atoms with van der Waals surface area (Å²) in [5, 5.41) is 2.55. The summed E-state index contributed by atoms with van der Waals surface area (Å²) in [6.45, 7) is 0.788. The summed E-state index contributed by atoms with van der Waals surface area (Å²) in [5.41, 5.74) is 4.21. The molecule has 0 aliphatic heterocycles. The molecule has 0 spiro atoms. The number of rotatable bonds is 7. The van der Waals surface area contributed by atoms with Gasteiger partial charge in [-0.3, -0.25) is 9.78 Å². The van der Waals surface area contributed by atoms with Crippen LogP contribution in [0.15, 0.2) is 48.8 Å². The molecular weight excluding hydrogens is 385 g/mol. The van der Waals surface area contributed by atoms with Gasteiger partial charge in [0.15, 0.2) is 0 Å². The molecule has 9 heteroatoms. The fourth-order valence-electron chi connectivity index (χ4n) is 2.52. The summed E-state index contributed by atoms with van der Waals surface area (Å²) in [6, 6.07) is 6.70. The summed E-state index contributed by atoms with van der Waals surface area (Å²) >= 11 is 0. The molecule has 0 atom stereocenters. The first-order valence-corrected chi connectivity index (χ1v) is 8.70. The minimum atomic E-state index is -0.989. The molecule has 0 radical (unpaired) electrons. The van der Waals surface area contributed by atoms with Crippen molar-refractivity contribution in [3.8, 4) is 17.0 Å². The van der Waals surface area contributed by atoms with Crippen molar-refractivity contribution in [2.24, 2.45) is 5.73 Å². The maximum Gasteiger partial charge on any atom is 0.274 e. The first-order chi connectivity index (χ1) is 14.0. The molecule has 3 rings (SSSR count). The molecule has 0 unspecified atom stereocenters. The quantitative estimate of drug-likeness (QED) is 0.590. The molecule has 2 aromatic heterocycles. The molecule has 0 fully saturated rings. The Morgan fingerprint density at radius 3 is 2.55 bits per heavy atom. The number of aromatic nitrogens is 2. The number of nitrogens with two attached hydrogens (primary N) is 1. The van der Waals surface area contributed by atoms with Crippen molar-refractivity contribution in [1.29, 1.82) is 0 Å². The van der Waals surface area contributed by atoms with Crippen LogP contribution in [0.5, 0.6) is 5.75 Å². The third-order valence-corrected chi connectivity index (χ3v) is 3.91. The number of anilines is 1. The van der Waals surface area contributed by atoms with Gasteiger partial charge in [0.1, 0.15) is 40.3 Å². The third-order valence-electron chi connectivity index (χ3n) is 3.91. The molecule has 29 heavy (non-hydrogen) atoms. The summed E-state index contributed by atoms with van der Waals surface area (Å²) < 4.78 is 47.7. The van der Waals surface area contributed by atoms with Crippen LogP contribution in [0.2, 0.25) is 0 Å². The van der Waals surface area contributed by atoms with E-state index < -0.39 is 34.6 Å². The van der Waals surface area contributed by atoms with E-state index in [1.54, 1.807) is 6.07 Å². The number of hydrogen-bond acceptors (Lipinski definition) is 5. The molecule has 0 saturated heterocycles. The maximum atomic E-state index is 14.2. The van der Waals surface area contributed by atoms with Crippen molar-refractivity contribution in [2.45, 2.75) is 6.42 Å². The number of carbonyl (C=O) groups is 1. The first kappa shape index (κ1) is 20.3. The Labute approximate surface area is 164 Å². The highest BCUT2D eigenvalue weighted by Crippen LogP contribution is 2.28. The molecule has 0 aliphatic rings. The summed E-state index contributed by atoms with van der Waals surface area (Å²) in [4.78, 5) is 20.3. The Hall–Kier alpha value is -3.46. The number of amides is 1. The minimum Gasteiger partial charge on any atom is -0.491 e. The Kier molecular flexibility index (Phi) is 6.40. The SMILES string of the molecule is NCCCOc1ccncc1NC(=O)c1ccc(F)c(-c2c(F)cccc2F)n1. The molecule has 1 aromatic carbocycles. The lowest BCUT2D eigenvalue weighted by Gasteiger charge is -2.12. The second-order valence-electron chi connectivity index (χ2n) is 5.94. The fourth-order valence-corrected chi connectivity index (χ4v) is 2.52. The van der Waals surface area contributed by atoms with Gasteiger partial charge in [0, 0.05) is 12.3 Å². The van der Waals surface area contributed by atoms with Gasteiger partial charge in [0.25, 0.3) is 5.91 Å². The molecule has 150 valence electrons. The van der Waals surface area contributed by atoms with Crippen molar-refractivity contribution < 1.29 is 22.7 Å². The van der Waals surface area contributed by atoms with Gasteiger partial charge in [-0.25, -0.2) is 18.2 Å². The van der Waals surface area contributed by atoms with Crippen molar-refractivity contribution >= 4 is 11.6 Å². The molecule has 0 saturated carbocycles. The van der Waals surface area contributed by atoms with E-state index in [0.717, 1.165) is 30.3 Å². The number of halogens is 3. The maximum absolute atomic E-state index is 14.2. The van der Waals surface area contributed by atoms with Crippen LogP contribution in [0.4, 0.5) is 18.9 Å². The molecule has 1 amide bonds. The van der Waals surface area contributed by atoms with Crippen molar-refractivity contribution in [1.82, 2.24) is 9.97 Å². The number of benzene rings is 1. The monoisotopic (exact) mass is 402 g/mol. The van der Waals surface area contributed by atoms with E-state index in [2.05, 4.69) is 15.3 Å². The first-order valence-electron chi connectivity index (χ1n) is 8.70. The molecule has 2 heterocycles. The van der Waals surface area contributed by atoms with E-state index >= 15 is 0 Å². The van der Waals surface area contributed by atoms with E-state index in [9.17, 15) is 18.0 Å². The van der Waals surface area contributed by atoms with Crippen LogP contribution in [0.3, 0.4) is 0 Å². The predicted molar refractivity (Wildman–Crippen MR) is 101 cm³/mol. The van der Waals surface area contributed by atoms with Gasteiger partial charge < -0.3 is 15.8 Å². The minimum absolute atomic E-state index is 0.235. The lowest BCUT2D eigenvalue weighted by atomic mass is 10.1. The van der Waals surface area contributed by atoms with Crippen LogP contribution < -0.4 is 15.8 Å². The lowest BCUT2D eigenvalue weighted by Crippen LogP contribution is -2.16. The van der Waals surface area contributed by atoms with Gasteiger partial charge in [-0.2, -0.15) is 0 Å². The second-order valence-corrected chi connectivity index (χ2v) is 5.94. The van der Waals surface area contributed by atoms with Crippen LogP contribution in [0.25, 0.3) is 11.3 Å². The zero-order valence-corrected chi connectivity index (χ0v) is 15.2. The van der Waals surface area contributed by atoms with Crippen LogP contribution in [-0.2, 0) is 0 Å². The van der Waals surface area contributed by atoms with Gasteiger partial charge in [-0.05, 0) is 37.2 Å². The molecular formula is C20H17F3N4O2. The zero-order valence-electron chi connectivity index (χ0n) is 15.2. The average Bonchev–Trinajstić information content (AvgIpc) is 2.70. The van der Waals surface area contributed by atoms with E-state index in [1.165, 1.54) is 12.4 Å². The third kappa shape index (κ3) is 4.69. The number of nitrogens with one attached hydrogen (secondary N) is 1. The van der Waals surface area contributed by atoms with E-state index in [1.807, 2.05) is 0 Å². The Morgan fingerprint density at radius 1 is 1.07 bits per heavy atom. The van der Waals surface area contributed by atoms with E-state index in [0.29, 0.717) is 25.3 Å². The highest BCUT2D eigenvalue weighted by molar-refractivity contribution is 6.03. The van der Waals surface area contributed by atoms with Crippen molar-refractivity contribution in [3.63, 3.8) is 0 Å². The second kappa shape index (κ2) is 9.16. The van der Waals surface area contributed by atoms with Gasteiger partial charge in [0.2, 0.25) is 0 Å². The fraction of sp³-hybridized carbons (Fsp3) is 0.150. The van der Waals surface area contributed by atoms with Crippen LogP contribution in [0.1, 0.15) is 16.9 Å². The lowest BCUT2D eigenvalue weighted by molar-refractivity contribution is 0.102. The highest BCUT2D eigenvalue weighted by Gasteiger charge is 2.20. The van der Waals surface area contributed by atoms with Gasteiger partial charge in [0.05, 0.1) is 18.4 Å². The summed E-state index contributed by atoms with van der Waals surface area (Å²) in [5.74, 6) is -3.30. The summed E-state index contributed by atoms with van der Waals surface area (Å²) in [6.07, 6.45) is 3.48. The highest BCUT2D eigenvalue weighted by atomic mass is 19.1. The van der Waals surface area contributed by atoms with Crippen molar-refractivity contribution in [2.75, 3.05) is 18.5 Å². The molecule has 3 aromatic rings. The zero-order chi connectivity index (χ0) is 20.8. The van der Waals surface area contributed by atoms with Gasteiger partial charge >= 0.3 is 0 Å². The van der Waals surface area contributed by atoms with Crippen LogP contribution in [0, 0.1) is 17.5 Å². The van der Waals surface area contributed by atoms with Crippen molar-refractivity contribution in [3.05, 3.63) is 71.9 Å². The van der Waals surface area contributed by atoms with E-state index in [4.69, 9.17) is 10.5 Å². The molecule has 3 N–H and O–H groups in total. The normalized spacial score (nSPS) is 10.6. The van der Waals surface area contributed by atoms with Gasteiger partial charge in [-0.15, -0.1) is 0 Å². The number of hydrogen-bond donors (Lipinski definition) is 2. The number of ether oxygens (including phenoxy) is 1. The molecule has 0 aliphatic carbocycles.